The van der Waals surface area contributed by atoms with Crippen LogP contribution in [0.5, 0.6) is 0 Å². The van der Waals surface area contributed by atoms with Gasteiger partial charge in [-0.2, -0.15) is 0 Å². The lowest BCUT2D eigenvalue weighted by Crippen LogP contribution is -2.13. The van der Waals surface area contributed by atoms with Crippen LogP contribution in [0.3, 0.4) is 0 Å². The van der Waals surface area contributed by atoms with Crippen molar-refractivity contribution >= 4 is 11.6 Å². The quantitative estimate of drug-likeness (QED) is 0.883. The summed E-state index contributed by atoms with van der Waals surface area (Å²) in [6, 6.07) is 5.94. The van der Waals surface area contributed by atoms with Crippen molar-refractivity contribution < 1.29 is 0 Å². The molecule has 1 aromatic carbocycles. The van der Waals surface area contributed by atoms with E-state index in [1.807, 2.05) is 22.9 Å². The molecule has 0 bridgehead atoms. The summed E-state index contributed by atoms with van der Waals surface area (Å²) < 4.78 is 1.94. The molecule has 0 saturated heterocycles. The third-order valence-electron chi connectivity index (χ3n) is 2.40. The summed E-state index contributed by atoms with van der Waals surface area (Å²) in [5, 5.41) is 4.05. The lowest BCUT2D eigenvalue weighted by atomic mass is 10.1. The molecule has 0 aliphatic heterocycles. The second-order valence-corrected chi connectivity index (χ2v) is 3.91. The molecule has 0 aliphatic rings. The van der Waals surface area contributed by atoms with Crippen molar-refractivity contribution in [2.24, 2.45) is 0 Å². The van der Waals surface area contributed by atoms with E-state index in [4.69, 9.17) is 11.6 Å². The fourth-order valence-corrected chi connectivity index (χ4v) is 1.93. The summed E-state index contributed by atoms with van der Waals surface area (Å²) in [4.78, 5) is 4.04. The third-order valence-corrected chi connectivity index (χ3v) is 2.70. The lowest BCUT2D eigenvalue weighted by Gasteiger charge is -2.12. The van der Waals surface area contributed by atoms with E-state index in [9.17, 15) is 0 Å². The monoisotopic (exact) mass is 235 g/mol. The summed E-state index contributed by atoms with van der Waals surface area (Å²) in [6.45, 7) is 3.84. The maximum Gasteiger partial charge on any atom is 0.0992 e. The van der Waals surface area contributed by atoms with Gasteiger partial charge in [-0.1, -0.05) is 30.7 Å². The SMILES string of the molecule is CCNCc1cccc(Cl)c1-n1ccnc1. The van der Waals surface area contributed by atoms with Crippen LogP contribution >= 0.6 is 11.6 Å². The van der Waals surface area contributed by atoms with Gasteiger partial charge < -0.3 is 9.88 Å². The molecule has 0 unspecified atom stereocenters. The predicted octanol–water partition coefficient (Wildman–Crippen LogP) is 2.64. The molecule has 0 amide bonds. The second-order valence-electron chi connectivity index (χ2n) is 3.50. The van der Waals surface area contributed by atoms with Gasteiger partial charge in [0.15, 0.2) is 0 Å². The molecule has 0 fully saturated rings. The Hall–Kier alpha value is -1.32. The number of rotatable bonds is 4. The molecule has 2 aromatic rings. The minimum Gasteiger partial charge on any atom is -0.313 e. The van der Waals surface area contributed by atoms with Crippen LogP contribution in [0.25, 0.3) is 5.69 Å². The largest absolute Gasteiger partial charge is 0.313 e. The molecule has 1 heterocycles. The summed E-state index contributed by atoms with van der Waals surface area (Å²) in [5.74, 6) is 0. The third kappa shape index (κ3) is 2.26. The summed E-state index contributed by atoms with van der Waals surface area (Å²) in [7, 11) is 0. The van der Waals surface area contributed by atoms with Gasteiger partial charge in [0.05, 0.1) is 17.0 Å². The van der Waals surface area contributed by atoms with Gasteiger partial charge in [-0.3, -0.25) is 0 Å². The first kappa shape index (κ1) is 11.2. The lowest BCUT2D eigenvalue weighted by molar-refractivity contribution is 0.722. The molecule has 0 spiro atoms. The number of hydrogen-bond donors (Lipinski definition) is 1. The van der Waals surface area contributed by atoms with Crippen LogP contribution in [0, 0.1) is 0 Å². The highest BCUT2D eigenvalue weighted by Crippen LogP contribution is 2.24. The molecule has 4 heteroatoms. The molecule has 0 aliphatic carbocycles. The molecule has 3 nitrogen and oxygen atoms in total. The molecule has 16 heavy (non-hydrogen) atoms. The van der Waals surface area contributed by atoms with Crippen LogP contribution in [0.1, 0.15) is 12.5 Å². The average molecular weight is 236 g/mol. The van der Waals surface area contributed by atoms with E-state index in [1.54, 1.807) is 12.5 Å². The molecular weight excluding hydrogens is 222 g/mol. The number of hydrogen-bond acceptors (Lipinski definition) is 2. The van der Waals surface area contributed by atoms with E-state index in [-0.39, 0.29) is 0 Å². The Balaban J connectivity index is 2.41. The number of nitrogens with one attached hydrogen (secondary N) is 1. The first-order chi connectivity index (χ1) is 7.83. The molecule has 1 N–H and O–H groups in total. The molecule has 0 saturated carbocycles. The Kier molecular flexibility index (Phi) is 3.59. The van der Waals surface area contributed by atoms with Crippen molar-refractivity contribution in [2.75, 3.05) is 6.54 Å². The van der Waals surface area contributed by atoms with Crippen molar-refractivity contribution in [3.05, 3.63) is 47.5 Å². The van der Waals surface area contributed by atoms with E-state index in [1.165, 1.54) is 5.56 Å². The Morgan fingerprint density at radius 1 is 1.44 bits per heavy atom. The van der Waals surface area contributed by atoms with Gasteiger partial charge in [0, 0.05) is 18.9 Å². The minimum absolute atomic E-state index is 0.744. The second kappa shape index (κ2) is 5.14. The van der Waals surface area contributed by atoms with E-state index in [0.29, 0.717) is 0 Å². The summed E-state index contributed by atoms with van der Waals surface area (Å²) >= 11 is 6.22. The van der Waals surface area contributed by atoms with Gasteiger partial charge in [-0.15, -0.1) is 0 Å². The van der Waals surface area contributed by atoms with E-state index < -0.39 is 0 Å². The predicted molar refractivity (Wildman–Crippen MR) is 66.0 cm³/mol. The first-order valence-corrected chi connectivity index (χ1v) is 5.67. The van der Waals surface area contributed by atoms with Gasteiger partial charge in [0.1, 0.15) is 0 Å². The van der Waals surface area contributed by atoms with E-state index >= 15 is 0 Å². The number of imidazole rings is 1. The Morgan fingerprint density at radius 2 is 2.31 bits per heavy atom. The number of benzene rings is 1. The number of halogens is 1. The fraction of sp³-hybridized carbons (Fsp3) is 0.250. The van der Waals surface area contributed by atoms with Crippen LogP contribution in [0.15, 0.2) is 36.9 Å². The van der Waals surface area contributed by atoms with Gasteiger partial charge in [0.25, 0.3) is 0 Å². The zero-order chi connectivity index (χ0) is 11.4. The normalized spacial score (nSPS) is 10.6. The number of nitrogens with zero attached hydrogens (tertiary/aromatic N) is 2. The van der Waals surface area contributed by atoms with Crippen molar-refractivity contribution in [3.63, 3.8) is 0 Å². The number of aromatic nitrogens is 2. The van der Waals surface area contributed by atoms with Crippen LogP contribution in [0.2, 0.25) is 5.02 Å². The van der Waals surface area contributed by atoms with Crippen molar-refractivity contribution in [1.29, 1.82) is 0 Å². The highest BCUT2D eigenvalue weighted by Gasteiger charge is 2.07. The van der Waals surface area contributed by atoms with Crippen LogP contribution in [0.4, 0.5) is 0 Å². The van der Waals surface area contributed by atoms with Crippen molar-refractivity contribution in [1.82, 2.24) is 14.9 Å². The molecule has 0 radical (unpaired) electrons. The van der Waals surface area contributed by atoms with Gasteiger partial charge in [-0.25, -0.2) is 4.98 Å². The van der Waals surface area contributed by atoms with E-state index in [2.05, 4.69) is 23.3 Å². The highest BCUT2D eigenvalue weighted by atomic mass is 35.5. The highest BCUT2D eigenvalue weighted by molar-refractivity contribution is 6.32. The topological polar surface area (TPSA) is 29.9 Å². The van der Waals surface area contributed by atoms with Crippen LogP contribution in [-0.2, 0) is 6.54 Å². The van der Waals surface area contributed by atoms with Gasteiger partial charge in [-0.05, 0) is 18.2 Å². The van der Waals surface area contributed by atoms with Gasteiger partial charge >= 0.3 is 0 Å². The fourth-order valence-electron chi connectivity index (χ4n) is 1.64. The van der Waals surface area contributed by atoms with Crippen molar-refractivity contribution in [3.8, 4) is 5.69 Å². The van der Waals surface area contributed by atoms with Crippen molar-refractivity contribution in [2.45, 2.75) is 13.5 Å². The summed E-state index contributed by atoms with van der Waals surface area (Å²) in [6.07, 6.45) is 5.41. The van der Waals surface area contributed by atoms with Gasteiger partial charge in [0.2, 0.25) is 0 Å². The standard InChI is InChI=1S/C12H14ClN3/c1-2-14-8-10-4-3-5-11(13)12(10)16-7-6-15-9-16/h3-7,9,14H,2,8H2,1H3. The maximum atomic E-state index is 6.22. The van der Waals surface area contributed by atoms with Crippen LogP contribution < -0.4 is 5.32 Å². The molecular formula is C12H14ClN3. The minimum atomic E-state index is 0.744. The molecule has 2 rings (SSSR count). The molecule has 0 atom stereocenters. The van der Waals surface area contributed by atoms with Crippen LogP contribution in [-0.4, -0.2) is 16.1 Å². The molecule has 1 aromatic heterocycles. The zero-order valence-electron chi connectivity index (χ0n) is 9.15. The summed E-state index contributed by atoms with van der Waals surface area (Å²) in [5.41, 5.74) is 2.18. The maximum absolute atomic E-state index is 6.22. The average Bonchev–Trinajstić information content (AvgIpc) is 2.79. The smallest absolute Gasteiger partial charge is 0.0992 e. The first-order valence-electron chi connectivity index (χ1n) is 5.29. The zero-order valence-corrected chi connectivity index (χ0v) is 9.91. The Bertz CT molecular complexity index is 451. The number of para-hydroxylation sites is 1. The van der Waals surface area contributed by atoms with E-state index in [0.717, 1.165) is 23.8 Å². The Morgan fingerprint density at radius 3 is 3.00 bits per heavy atom. The molecule has 84 valence electrons. The Labute approximate surface area is 100 Å².